The van der Waals surface area contributed by atoms with Gasteiger partial charge >= 0.3 is 0 Å². The Morgan fingerprint density at radius 3 is 2.29 bits per heavy atom. The van der Waals surface area contributed by atoms with E-state index in [2.05, 4.69) is 35.5 Å². The fourth-order valence-electron chi connectivity index (χ4n) is 1.72. The topological polar surface area (TPSA) is 6.48 Å². The highest BCUT2D eigenvalue weighted by molar-refractivity contribution is 5.03. The molecule has 1 fully saturated rings. The van der Waals surface area contributed by atoms with Crippen LogP contribution in [-0.4, -0.2) is 49.1 Å². The summed E-state index contributed by atoms with van der Waals surface area (Å²) in [6, 6.07) is 0. The molecule has 2 heteroatoms. The van der Waals surface area contributed by atoms with E-state index in [9.17, 15) is 0 Å². The monoisotopic (exact) mass is 194 g/mol. The van der Waals surface area contributed by atoms with Crippen molar-refractivity contribution in [3.05, 3.63) is 0 Å². The van der Waals surface area contributed by atoms with Gasteiger partial charge in [0.1, 0.15) is 0 Å². The van der Waals surface area contributed by atoms with Gasteiger partial charge in [0.15, 0.2) is 0 Å². The Bertz CT molecular complexity index is 184. The minimum absolute atomic E-state index is 0.931. The lowest BCUT2D eigenvalue weighted by atomic mass is 10.4. The van der Waals surface area contributed by atoms with Gasteiger partial charge in [-0.05, 0) is 39.0 Å². The predicted octanol–water partition coefficient (Wildman–Crippen LogP) is 1.43. The molecule has 1 heterocycles. The van der Waals surface area contributed by atoms with Crippen LogP contribution in [0.5, 0.6) is 0 Å². The van der Waals surface area contributed by atoms with Gasteiger partial charge in [-0.15, -0.1) is 0 Å². The van der Waals surface area contributed by atoms with Crippen LogP contribution in [0.15, 0.2) is 0 Å². The van der Waals surface area contributed by atoms with Crippen LogP contribution in [0.4, 0.5) is 0 Å². The van der Waals surface area contributed by atoms with Crippen LogP contribution in [0.2, 0.25) is 0 Å². The number of rotatable bonds is 4. The first-order valence-electron chi connectivity index (χ1n) is 5.77. The normalized spacial score (nSPS) is 17.1. The number of hydrogen-bond acceptors (Lipinski definition) is 2. The molecule has 0 amide bonds. The summed E-state index contributed by atoms with van der Waals surface area (Å²) >= 11 is 0. The summed E-state index contributed by atoms with van der Waals surface area (Å²) in [7, 11) is 0. The summed E-state index contributed by atoms with van der Waals surface area (Å²) in [6.45, 7) is 11.0. The maximum Gasteiger partial charge on any atom is 0.0602 e. The molecule has 1 aliphatic rings. The van der Waals surface area contributed by atoms with E-state index in [1.807, 2.05) is 0 Å². The second kappa shape index (κ2) is 6.86. The van der Waals surface area contributed by atoms with Crippen molar-refractivity contribution in [2.45, 2.75) is 26.7 Å². The summed E-state index contributed by atoms with van der Waals surface area (Å²) in [5, 5.41) is 0. The van der Waals surface area contributed by atoms with Gasteiger partial charge < -0.3 is 0 Å². The molecule has 0 atom stereocenters. The van der Waals surface area contributed by atoms with Crippen LogP contribution in [0.1, 0.15) is 26.7 Å². The van der Waals surface area contributed by atoms with Gasteiger partial charge in [0.25, 0.3) is 0 Å². The zero-order valence-electron chi connectivity index (χ0n) is 9.55. The zero-order chi connectivity index (χ0) is 10.2. The largest absolute Gasteiger partial charge is 0.293 e. The highest BCUT2D eigenvalue weighted by Gasteiger charge is 2.08. The van der Waals surface area contributed by atoms with Crippen molar-refractivity contribution < 1.29 is 0 Å². The minimum atomic E-state index is 0.931. The molecule has 1 saturated heterocycles. The van der Waals surface area contributed by atoms with Crippen LogP contribution in [0, 0.1) is 11.8 Å². The predicted molar refractivity (Wildman–Crippen MR) is 61.2 cm³/mol. The fourth-order valence-corrected chi connectivity index (χ4v) is 1.72. The van der Waals surface area contributed by atoms with Crippen molar-refractivity contribution in [1.82, 2.24) is 9.80 Å². The maximum atomic E-state index is 3.26. The van der Waals surface area contributed by atoms with Gasteiger partial charge in [0, 0.05) is 0 Å². The number of likely N-dealkylation sites (tertiary alicyclic amines) is 1. The number of hydrogen-bond donors (Lipinski definition) is 0. The molecule has 1 aliphatic heterocycles. The van der Waals surface area contributed by atoms with Gasteiger partial charge in [-0.2, -0.15) is 0 Å². The first-order valence-corrected chi connectivity index (χ1v) is 5.77. The van der Waals surface area contributed by atoms with Crippen LogP contribution in [0.25, 0.3) is 0 Å². The van der Waals surface area contributed by atoms with E-state index in [1.54, 1.807) is 0 Å². The molecule has 2 nitrogen and oxygen atoms in total. The molecule has 0 saturated carbocycles. The van der Waals surface area contributed by atoms with Crippen LogP contribution in [0.3, 0.4) is 0 Å². The molecule has 0 unspecified atom stereocenters. The first kappa shape index (κ1) is 11.6. The van der Waals surface area contributed by atoms with Crippen molar-refractivity contribution in [2.24, 2.45) is 0 Å². The average Bonchev–Trinajstić information content (AvgIpc) is 2.71. The van der Waals surface area contributed by atoms with Crippen molar-refractivity contribution in [1.29, 1.82) is 0 Å². The standard InChI is InChI=1S/C12H22N2/c1-3-13(4-2)9-5-6-10-14-11-7-8-12-14/h3-4,7-12H2,1-2H3. The van der Waals surface area contributed by atoms with Crippen LogP contribution < -0.4 is 0 Å². The third-order valence-corrected chi connectivity index (χ3v) is 2.82. The van der Waals surface area contributed by atoms with E-state index in [1.165, 1.54) is 25.9 Å². The van der Waals surface area contributed by atoms with Gasteiger partial charge in [-0.3, -0.25) is 9.80 Å². The van der Waals surface area contributed by atoms with Crippen molar-refractivity contribution >= 4 is 0 Å². The lowest BCUT2D eigenvalue weighted by Crippen LogP contribution is -2.23. The fraction of sp³-hybridized carbons (Fsp3) is 0.833. The SMILES string of the molecule is CCN(CC)CC#CCN1CCCC1. The van der Waals surface area contributed by atoms with E-state index in [-0.39, 0.29) is 0 Å². The second-order valence-corrected chi connectivity index (χ2v) is 3.80. The summed E-state index contributed by atoms with van der Waals surface area (Å²) in [6.07, 6.45) is 2.72. The smallest absolute Gasteiger partial charge is 0.0602 e. The Morgan fingerprint density at radius 1 is 1.07 bits per heavy atom. The molecule has 0 bridgehead atoms. The Kier molecular flexibility index (Phi) is 5.66. The second-order valence-electron chi connectivity index (χ2n) is 3.80. The lowest BCUT2D eigenvalue weighted by molar-refractivity contribution is 0.341. The van der Waals surface area contributed by atoms with Gasteiger partial charge in [-0.1, -0.05) is 25.7 Å². The van der Waals surface area contributed by atoms with E-state index in [0.717, 1.165) is 26.2 Å². The van der Waals surface area contributed by atoms with Gasteiger partial charge in [-0.25, -0.2) is 0 Å². The lowest BCUT2D eigenvalue weighted by Gasteiger charge is -2.13. The molecule has 0 aromatic heterocycles. The highest BCUT2D eigenvalue weighted by atomic mass is 15.1. The van der Waals surface area contributed by atoms with E-state index < -0.39 is 0 Å². The summed E-state index contributed by atoms with van der Waals surface area (Å²) in [4.78, 5) is 4.78. The molecule has 0 aromatic carbocycles. The molecule has 0 N–H and O–H groups in total. The Hall–Kier alpha value is -0.520. The van der Waals surface area contributed by atoms with Crippen molar-refractivity contribution in [3.8, 4) is 11.8 Å². The Labute approximate surface area is 88.3 Å². The molecule has 1 rings (SSSR count). The Balaban J connectivity index is 2.12. The minimum Gasteiger partial charge on any atom is -0.293 e. The summed E-state index contributed by atoms with van der Waals surface area (Å²) in [5.41, 5.74) is 0. The average molecular weight is 194 g/mol. The van der Waals surface area contributed by atoms with Gasteiger partial charge in [0.05, 0.1) is 13.1 Å². The molecule has 0 aliphatic carbocycles. The quantitative estimate of drug-likeness (QED) is 0.625. The molecular weight excluding hydrogens is 172 g/mol. The molecule has 0 aromatic rings. The third kappa shape index (κ3) is 4.13. The maximum absolute atomic E-state index is 3.26. The molecule has 0 spiro atoms. The van der Waals surface area contributed by atoms with E-state index in [0.29, 0.717) is 0 Å². The molecule has 0 radical (unpaired) electrons. The molecule has 14 heavy (non-hydrogen) atoms. The van der Waals surface area contributed by atoms with Crippen LogP contribution in [-0.2, 0) is 0 Å². The van der Waals surface area contributed by atoms with Crippen LogP contribution >= 0.6 is 0 Å². The summed E-state index contributed by atoms with van der Waals surface area (Å²) in [5.74, 6) is 6.51. The highest BCUT2D eigenvalue weighted by Crippen LogP contribution is 2.05. The third-order valence-electron chi connectivity index (χ3n) is 2.82. The van der Waals surface area contributed by atoms with E-state index in [4.69, 9.17) is 0 Å². The zero-order valence-corrected chi connectivity index (χ0v) is 9.55. The van der Waals surface area contributed by atoms with E-state index >= 15 is 0 Å². The first-order chi connectivity index (χ1) is 6.86. The van der Waals surface area contributed by atoms with Crippen molar-refractivity contribution in [3.63, 3.8) is 0 Å². The number of nitrogens with zero attached hydrogens (tertiary/aromatic N) is 2. The molecular formula is C12H22N2. The Morgan fingerprint density at radius 2 is 1.71 bits per heavy atom. The van der Waals surface area contributed by atoms with Crippen molar-refractivity contribution in [2.75, 3.05) is 39.3 Å². The summed E-state index contributed by atoms with van der Waals surface area (Å²) < 4.78 is 0. The molecule has 80 valence electrons. The van der Waals surface area contributed by atoms with Gasteiger partial charge in [0.2, 0.25) is 0 Å².